The minimum atomic E-state index is -0.822. The fraction of sp³-hybridized carbons (Fsp3) is 0.524. The highest BCUT2D eigenvalue weighted by atomic mass is 16.5. The molecule has 4 aromatic rings. The standard InChI is InChI=1S/C32H42N2O6.C30H38N2O6.CH4.B6.B5/c1-9-13-39-19-21(4)28(35)17-26(32(5,6)7)30(36)34-18-24(16-27(34)31(37)38-8)40-29-25-15-22(10-2)20(3)14-23(25)11-12-33-29;1-18-12-21-9-10-31-27-23(21)13-20(18)8-7-11-37-17-19(2)26(33)15-24(30(3,4)5)28(34)32-16-22(38-27)14-25(32)29(35)36-6;;1-5(2)6(3)4;1-4-5(2)3/h9-12,14-15,21,24,26-27H,1-2,13,16-19H2,3-8H3;7-10,12-13,19,22,24-25H,11,14-17H2,1-6H3;1H4;;/b;8-7+;;;/t21-,24+,26+,27-;19-,22+,24+,25-;;;/m00.../s1. The molecule has 461 valence electrons. The fourth-order valence-electron chi connectivity index (χ4n) is 10.3. The van der Waals surface area contributed by atoms with E-state index in [-0.39, 0.29) is 94.6 Å². The number of hydrogen-bond acceptors (Lipinski definition) is 14. The van der Waals surface area contributed by atoms with Crippen LogP contribution in [0.2, 0.25) is 0 Å². The van der Waals surface area contributed by atoms with Crippen molar-refractivity contribution in [1.82, 2.24) is 19.8 Å². The lowest BCUT2D eigenvalue weighted by Crippen LogP contribution is -2.48. The summed E-state index contributed by atoms with van der Waals surface area (Å²) in [5.41, 5.74) is 3.15. The molecule has 2 fully saturated rings. The van der Waals surface area contributed by atoms with Gasteiger partial charge in [0.05, 0.1) is 53.7 Å². The fourth-order valence-corrected chi connectivity index (χ4v) is 10.3. The third kappa shape index (κ3) is 22.4. The molecule has 16 nitrogen and oxygen atoms in total. The van der Waals surface area contributed by atoms with Gasteiger partial charge in [0, 0.05) is 153 Å². The summed E-state index contributed by atoms with van der Waals surface area (Å²) in [5.74, 6) is -2.71. The van der Waals surface area contributed by atoms with Crippen molar-refractivity contribution in [3.63, 3.8) is 0 Å². The van der Waals surface area contributed by atoms with E-state index in [1.54, 1.807) is 31.5 Å². The quantitative estimate of drug-likeness (QED) is 0.0585. The number of benzene rings is 2. The zero-order valence-electron chi connectivity index (χ0n) is 54.1. The Balaban J connectivity index is 0.000000399. The van der Waals surface area contributed by atoms with Gasteiger partial charge in [-0.2, -0.15) is 0 Å². The number of rotatable bonds is 15. The second-order valence-corrected chi connectivity index (χ2v) is 25.0. The van der Waals surface area contributed by atoms with Crippen LogP contribution in [0.4, 0.5) is 0 Å². The molecule has 4 bridgehead atoms. The first-order valence-electron chi connectivity index (χ1n) is 29.9. The third-order valence-corrected chi connectivity index (χ3v) is 15.8. The monoisotopic (exact) mass is 1210 g/mol. The number of methoxy groups -OCH3 is 2. The molecule has 2 amide bonds. The minimum Gasteiger partial charge on any atom is -0.472 e. The van der Waals surface area contributed by atoms with Gasteiger partial charge in [-0.05, 0) is 82.0 Å². The van der Waals surface area contributed by atoms with Gasteiger partial charge in [0.25, 0.3) is 0 Å². The lowest BCUT2D eigenvalue weighted by atomic mass is 8.81. The second kappa shape index (κ2) is 36.2. The summed E-state index contributed by atoms with van der Waals surface area (Å²) in [4.78, 5) is 91.8. The topological polar surface area (TPSA) is 190 Å². The zero-order valence-corrected chi connectivity index (χ0v) is 54.1. The van der Waals surface area contributed by atoms with Crippen LogP contribution in [0.25, 0.3) is 33.7 Å². The van der Waals surface area contributed by atoms with Crippen LogP contribution < -0.4 is 9.47 Å². The molecular formula is C63H84B11N4O12. The summed E-state index contributed by atoms with van der Waals surface area (Å²) >= 11 is 0. The number of likely N-dealkylation sites (tertiary alicyclic amines) is 1. The van der Waals surface area contributed by atoms with Crippen molar-refractivity contribution in [3.8, 4) is 11.8 Å². The number of pyridine rings is 2. The molecule has 90 heavy (non-hydrogen) atoms. The highest BCUT2D eigenvalue weighted by Crippen LogP contribution is 2.38. The van der Waals surface area contributed by atoms with E-state index in [0.717, 1.165) is 43.8 Å². The molecular weight excluding hydrogens is 1120 g/mol. The van der Waals surface area contributed by atoms with Crippen LogP contribution in [0, 0.1) is 48.3 Å². The largest absolute Gasteiger partial charge is 0.472 e. The molecule has 27 heteroatoms. The van der Waals surface area contributed by atoms with E-state index in [4.69, 9.17) is 82.6 Å². The molecule has 0 saturated carbocycles. The predicted octanol–water partition coefficient (Wildman–Crippen LogP) is 5.98. The van der Waals surface area contributed by atoms with Crippen LogP contribution in [-0.4, -0.2) is 213 Å². The maximum atomic E-state index is 14.0. The second-order valence-electron chi connectivity index (χ2n) is 25.0. The summed E-state index contributed by atoms with van der Waals surface area (Å²) in [5, 5.41) is 3.64. The van der Waals surface area contributed by atoms with E-state index < -0.39 is 78.1 Å². The number of nitrogens with zero attached hydrogens (tertiary/aromatic N) is 4. The van der Waals surface area contributed by atoms with Crippen LogP contribution in [0.1, 0.15) is 111 Å². The first-order valence-corrected chi connectivity index (χ1v) is 29.9. The number of aryl methyl sites for hydroxylation is 2. The molecule has 0 unspecified atom stereocenters. The Hall–Kier alpha value is -6.07. The predicted molar refractivity (Wildman–Crippen MR) is 371 cm³/mol. The third-order valence-electron chi connectivity index (χ3n) is 15.8. The van der Waals surface area contributed by atoms with Crippen molar-refractivity contribution in [2.75, 3.05) is 53.7 Å². The number of carbonyl (C=O) groups excluding carboxylic acids is 6. The molecule has 15 radical (unpaired) electrons. The van der Waals surface area contributed by atoms with Gasteiger partial charge in [0.2, 0.25) is 23.6 Å². The summed E-state index contributed by atoms with van der Waals surface area (Å²) in [6.45, 7) is 28.4. The zero-order chi connectivity index (χ0) is 66.7. The van der Waals surface area contributed by atoms with Crippen molar-refractivity contribution in [2.45, 2.75) is 127 Å². The minimum absolute atomic E-state index is 0. The van der Waals surface area contributed by atoms with Gasteiger partial charge in [-0.15, -0.1) is 6.58 Å². The Morgan fingerprint density at radius 2 is 1.46 bits per heavy atom. The van der Waals surface area contributed by atoms with Gasteiger partial charge < -0.3 is 38.2 Å². The SMILES string of the molecule is C.C=CCOC[C@H](C)C(=O)C[C@H](C(=O)N1C[C@H](Oc2nccc3cc(C)c(C=C)cc23)C[C@H]1C(=O)OC)C(C)(C)C.COC(=O)[C@@H]1C[C@@H]2CN1C(=O)[C@H](C(C)(C)C)CC(=O)[C@@H](C)COC/C=C/c1cc3c(nccc3cc1C)O2.[B]B([B])B([B])[B].[B][B]B([B])[B]. The molecule has 2 aromatic heterocycles. The number of aromatic nitrogens is 2. The number of hydrogen-bond donors (Lipinski definition) is 0. The maximum Gasteiger partial charge on any atom is 0.328 e. The van der Waals surface area contributed by atoms with Crippen LogP contribution in [0.15, 0.2) is 74.1 Å². The lowest BCUT2D eigenvalue weighted by Gasteiger charge is -2.34. The Morgan fingerprint density at radius 1 is 0.856 bits per heavy atom. The van der Waals surface area contributed by atoms with E-state index >= 15 is 0 Å². The lowest BCUT2D eigenvalue weighted by molar-refractivity contribution is -0.154. The van der Waals surface area contributed by atoms with E-state index in [1.165, 1.54) is 31.1 Å². The number of fused-ring (bicyclic) bond motifs is 4. The first kappa shape index (κ1) is 78.2. The Bertz CT molecular complexity index is 3120. The number of esters is 2. The van der Waals surface area contributed by atoms with Crippen molar-refractivity contribution >= 4 is 149 Å². The molecule has 0 aliphatic carbocycles. The summed E-state index contributed by atoms with van der Waals surface area (Å²) in [7, 11) is 38.3. The van der Waals surface area contributed by atoms with Crippen molar-refractivity contribution in [2.24, 2.45) is 34.5 Å². The van der Waals surface area contributed by atoms with Crippen molar-refractivity contribution < 1.29 is 57.2 Å². The highest BCUT2D eigenvalue weighted by Gasteiger charge is 2.48. The average Bonchev–Trinajstić information content (AvgIpc) is 1.49. The number of ketones is 2. The molecule has 0 N–H and O–H groups in total. The number of carbonyl (C=O) groups is 6. The Labute approximate surface area is 546 Å². The first-order chi connectivity index (χ1) is 41.8. The van der Waals surface area contributed by atoms with Crippen LogP contribution in [0.5, 0.6) is 11.8 Å². The van der Waals surface area contributed by atoms with Gasteiger partial charge in [-0.25, -0.2) is 19.6 Å². The number of amides is 2. The normalized spacial score (nSPS) is 20.2. The summed E-state index contributed by atoms with van der Waals surface area (Å²) < 4.78 is 34.1. The van der Waals surface area contributed by atoms with E-state index in [0.29, 0.717) is 25.0 Å². The molecule has 2 saturated heterocycles. The highest BCUT2D eigenvalue weighted by molar-refractivity contribution is 7.76. The number of ether oxygens (including phenoxy) is 6. The Morgan fingerprint density at radius 3 is 2.02 bits per heavy atom. The average molecular weight is 1210 g/mol. The van der Waals surface area contributed by atoms with Crippen molar-refractivity contribution in [1.29, 1.82) is 0 Å². The van der Waals surface area contributed by atoms with Crippen LogP contribution in [-0.2, 0) is 47.7 Å². The number of Topliss-reactive ketones (excluding diaryl/α,β-unsaturated/α-hetero) is 2. The molecule has 5 heterocycles. The molecule has 8 atom stereocenters. The van der Waals surface area contributed by atoms with Crippen LogP contribution >= 0.6 is 0 Å². The maximum absolute atomic E-state index is 14.0. The van der Waals surface area contributed by atoms with Gasteiger partial charge >= 0.3 is 11.9 Å². The molecule has 3 aliphatic rings. The van der Waals surface area contributed by atoms with E-state index in [2.05, 4.69) is 35.3 Å². The molecule has 3 aliphatic heterocycles. The molecule has 7 rings (SSSR count). The summed E-state index contributed by atoms with van der Waals surface area (Å²) in [6, 6.07) is 10.4. The van der Waals surface area contributed by atoms with E-state index in [1.807, 2.05) is 98.7 Å². The smallest absolute Gasteiger partial charge is 0.328 e. The Kier molecular flexibility index (Phi) is 31.5. The van der Waals surface area contributed by atoms with Gasteiger partial charge in [-0.1, -0.05) is 106 Å². The van der Waals surface area contributed by atoms with E-state index in [9.17, 15) is 28.8 Å². The van der Waals surface area contributed by atoms with Gasteiger partial charge in [0.1, 0.15) is 35.9 Å². The van der Waals surface area contributed by atoms with Gasteiger partial charge in [-0.3, -0.25) is 19.2 Å². The van der Waals surface area contributed by atoms with Crippen molar-refractivity contribution in [3.05, 3.63) is 96.4 Å². The molecule has 2 aromatic carbocycles. The summed E-state index contributed by atoms with van der Waals surface area (Å²) in [6.07, 6.45) is 8.80. The van der Waals surface area contributed by atoms with Gasteiger partial charge in [0.15, 0.2) is 0 Å². The van der Waals surface area contributed by atoms with Crippen LogP contribution in [0.3, 0.4) is 0 Å². The molecule has 0 spiro atoms.